The predicted molar refractivity (Wildman–Crippen MR) is 53.2 cm³/mol. The van der Waals surface area contributed by atoms with Gasteiger partial charge in [-0.15, -0.1) is 0 Å². The van der Waals surface area contributed by atoms with E-state index in [0.717, 1.165) is 23.3 Å². The zero-order chi connectivity index (χ0) is 7.40. The Morgan fingerprint density at radius 3 is 1.30 bits per heavy atom. The highest BCUT2D eigenvalue weighted by Crippen LogP contribution is 2.29. The van der Waals surface area contributed by atoms with Crippen LogP contribution < -0.4 is 0 Å². The molecular weight excluding hydrogens is 160 g/mol. The molecule has 0 saturated heterocycles. The van der Waals surface area contributed by atoms with Crippen LogP contribution in [0.25, 0.3) is 0 Å². The molecule has 0 unspecified atom stereocenters. The maximum absolute atomic E-state index is 4.30. The first-order chi connectivity index (χ1) is 4.86. The summed E-state index contributed by atoms with van der Waals surface area (Å²) in [6.07, 6.45) is 5.53. The second-order valence-electron chi connectivity index (χ2n) is 3.25. The third-order valence-corrected chi connectivity index (χ3v) is 3.52. The summed E-state index contributed by atoms with van der Waals surface area (Å²) in [6, 6.07) is 0. The van der Waals surface area contributed by atoms with Crippen LogP contribution in [-0.4, -0.2) is 11.5 Å². The Hall–Kier alpha value is 0.700. The van der Waals surface area contributed by atoms with E-state index in [4.69, 9.17) is 0 Å². The monoisotopic (exact) mass is 176 g/mol. The molecule has 0 aliphatic heterocycles. The predicted octanol–water partition coefficient (Wildman–Crippen LogP) is 2.65. The summed E-state index contributed by atoms with van der Waals surface area (Å²) in [4.78, 5) is 0. The Morgan fingerprint density at radius 1 is 0.800 bits per heavy atom. The van der Waals surface area contributed by atoms with Crippen LogP contribution in [0.5, 0.6) is 0 Å². The first-order valence-corrected chi connectivity index (χ1v) is 5.35. The highest BCUT2D eigenvalue weighted by Gasteiger charge is 2.18. The van der Waals surface area contributed by atoms with Crippen LogP contribution in [0, 0.1) is 11.8 Å². The van der Waals surface area contributed by atoms with Gasteiger partial charge in [-0.25, -0.2) is 0 Å². The van der Waals surface area contributed by atoms with E-state index in [0.29, 0.717) is 0 Å². The van der Waals surface area contributed by atoms with Gasteiger partial charge in [-0.1, -0.05) is 0 Å². The molecule has 0 heterocycles. The van der Waals surface area contributed by atoms with Gasteiger partial charge in [0.2, 0.25) is 0 Å². The van der Waals surface area contributed by atoms with Gasteiger partial charge < -0.3 is 0 Å². The van der Waals surface area contributed by atoms with Crippen LogP contribution in [0.2, 0.25) is 0 Å². The maximum atomic E-state index is 4.30. The van der Waals surface area contributed by atoms with Crippen LogP contribution in [0.1, 0.15) is 25.7 Å². The van der Waals surface area contributed by atoms with E-state index >= 15 is 0 Å². The van der Waals surface area contributed by atoms with Crippen molar-refractivity contribution in [2.75, 3.05) is 11.5 Å². The SMILES string of the molecule is SC[C@H]1CC[C@H](CS)CC1. The third-order valence-electron chi connectivity index (χ3n) is 2.48. The molecule has 2 heteroatoms. The minimum atomic E-state index is 0.902. The Kier molecular flexibility index (Phi) is 4.00. The van der Waals surface area contributed by atoms with Crippen molar-refractivity contribution in [3.05, 3.63) is 0 Å². The van der Waals surface area contributed by atoms with E-state index in [9.17, 15) is 0 Å². The topological polar surface area (TPSA) is 0 Å². The third kappa shape index (κ3) is 2.39. The van der Waals surface area contributed by atoms with E-state index in [1.807, 2.05) is 0 Å². The zero-order valence-electron chi connectivity index (χ0n) is 6.29. The van der Waals surface area contributed by atoms with Gasteiger partial charge in [0.1, 0.15) is 0 Å². The van der Waals surface area contributed by atoms with E-state index in [1.165, 1.54) is 25.7 Å². The van der Waals surface area contributed by atoms with Gasteiger partial charge in [-0.05, 0) is 49.0 Å². The first kappa shape index (κ1) is 8.79. The highest BCUT2D eigenvalue weighted by molar-refractivity contribution is 7.80. The van der Waals surface area contributed by atoms with Gasteiger partial charge in [-0.3, -0.25) is 0 Å². The van der Waals surface area contributed by atoms with Crippen molar-refractivity contribution in [2.24, 2.45) is 11.8 Å². The van der Waals surface area contributed by atoms with Crippen LogP contribution in [-0.2, 0) is 0 Å². The van der Waals surface area contributed by atoms with Gasteiger partial charge in [0.15, 0.2) is 0 Å². The molecule has 0 aromatic carbocycles. The molecule has 10 heavy (non-hydrogen) atoms. The number of rotatable bonds is 2. The fourth-order valence-electron chi connectivity index (χ4n) is 1.60. The summed E-state index contributed by atoms with van der Waals surface area (Å²) in [5.41, 5.74) is 0. The molecule has 0 radical (unpaired) electrons. The molecule has 0 bridgehead atoms. The van der Waals surface area contributed by atoms with Crippen molar-refractivity contribution in [2.45, 2.75) is 25.7 Å². The van der Waals surface area contributed by atoms with Crippen LogP contribution in [0.15, 0.2) is 0 Å². The van der Waals surface area contributed by atoms with E-state index in [1.54, 1.807) is 0 Å². The molecule has 0 aromatic rings. The van der Waals surface area contributed by atoms with Crippen molar-refractivity contribution >= 4 is 25.3 Å². The lowest BCUT2D eigenvalue weighted by Gasteiger charge is -2.25. The molecule has 0 N–H and O–H groups in total. The summed E-state index contributed by atoms with van der Waals surface area (Å²) >= 11 is 8.61. The molecular formula is C8H16S2. The smallest absolute Gasteiger partial charge is 0.00695 e. The molecule has 1 aliphatic rings. The van der Waals surface area contributed by atoms with Gasteiger partial charge in [0.05, 0.1) is 0 Å². The number of hydrogen-bond acceptors (Lipinski definition) is 2. The second-order valence-corrected chi connectivity index (χ2v) is 3.98. The van der Waals surface area contributed by atoms with Gasteiger partial charge in [0, 0.05) is 0 Å². The summed E-state index contributed by atoms with van der Waals surface area (Å²) in [5, 5.41) is 0. The molecule has 0 amide bonds. The van der Waals surface area contributed by atoms with Crippen molar-refractivity contribution < 1.29 is 0 Å². The summed E-state index contributed by atoms with van der Waals surface area (Å²) in [5.74, 6) is 3.97. The van der Waals surface area contributed by atoms with Crippen LogP contribution in [0.4, 0.5) is 0 Å². The van der Waals surface area contributed by atoms with Crippen molar-refractivity contribution in [1.29, 1.82) is 0 Å². The number of hydrogen-bond donors (Lipinski definition) is 2. The lowest BCUT2D eigenvalue weighted by atomic mass is 9.84. The van der Waals surface area contributed by atoms with Crippen LogP contribution >= 0.6 is 25.3 Å². The molecule has 1 saturated carbocycles. The lowest BCUT2D eigenvalue weighted by Crippen LogP contribution is -2.16. The molecule has 1 rings (SSSR count). The van der Waals surface area contributed by atoms with Crippen molar-refractivity contribution in [3.8, 4) is 0 Å². The Balaban J connectivity index is 2.17. The summed E-state index contributed by atoms with van der Waals surface area (Å²) < 4.78 is 0. The minimum absolute atomic E-state index is 0.902. The van der Waals surface area contributed by atoms with Crippen molar-refractivity contribution in [1.82, 2.24) is 0 Å². The lowest BCUT2D eigenvalue weighted by molar-refractivity contribution is 0.316. The quantitative estimate of drug-likeness (QED) is 0.594. The van der Waals surface area contributed by atoms with Crippen molar-refractivity contribution in [3.63, 3.8) is 0 Å². The average molecular weight is 176 g/mol. The largest absolute Gasteiger partial charge is 0.179 e. The Labute approximate surface area is 74.6 Å². The maximum Gasteiger partial charge on any atom is -0.00695 e. The number of thiol groups is 2. The molecule has 1 fully saturated rings. The Bertz CT molecular complexity index is 73.3. The van der Waals surface area contributed by atoms with Gasteiger partial charge in [-0.2, -0.15) is 25.3 Å². The second kappa shape index (κ2) is 4.55. The van der Waals surface area contributed by atoms with E-state index < -0.39 is 0 Å². The molecule has 1 aliphatic carbocycles. The average Bonchev–Trinajstić information content (AvgIpc) is 2.05. The van der Waals surface area contributed by atoms with Gasteiger partial charge >= 0.3 is 0 Å². The highest BCUT2D eigenvalue weighted by atomic mass is 32.1. The van der Waals surface area contributed by atoms with E-state index in [2.05, 4.69) is 25.3 Å². The normalized spacial score (nSPS) is 34.2. The van der Waals surface area contributed by atoms with Crippen LogP contribution in [0.3, 0.4) is 0 Å². The van der Waals surface area contributed by atoms with Gasteiger partial charge in [0.25, 0.3) is 0 Å². The summed E-state index contributed by atoms with van der Waals surface area (Å²) in [6.45, 7) is 0. The zero-order valence-corrected chi connectivity index (χ0v) is 8.08. The van der Waals surface area contributed by atoms with E-state index in [-0.39, 0.29) is 0 Å². The summed E-state index contributed by atoms with van der Waals surface area (Å²) in [7, 11) is 0. The molecule has 0 nitrogen and oxygen atoms in total. The molecule has 0 aromatic heterocycles. The molecule has 60 valence electrons. The standard InChI is InChI=1S/C8H16S2/c9-5-7-1-2-8(6-10)4-3-7/h7-10H,1-6H2/t7-,8-. The Morgan fingerprint density at radius 2 is 1.10 bits per heavy atom. The fourth-order valence-corrected chi connectivity index (χ4v) is 2.33. The fraction of sp³-hybridized carbons (Fsp3) is 1.00. The first-order valence-electron chi connectivity index (χ1n) is 4.08. The minimum Gasteiger partial charge on any atom is -0.179 e. The molecule has 0 spiro atoms. The molecule has 0 atom stereocenters.